The number of likely N-dealkylation sites (tertiary alicyclic amines) is 1. The standard InChI is InChI=1S/C12H20N2O2S/c1-4-8(5-9(13)17)14-10(15)6-12(2,3)7-11(14)16/h8H,4-7H2,1-3H3,(H2,13,17). The van der Waals surface area contributed by atoms with Crippen LogP contribution < -0.4 is 5.73 Å². The van der Waals surface area contributed by atoms with Gasteiger partial charge in [-0.25, -0.2) is 0 Å². The van der Waals surface area contributed by atoms with Crippen molar-refractivity contribution < 1.29 is 9.59 Å². The van der Waals surface area contributed by atoms with E-state index in [4.69, 9.17) is 18.0 Å². The first-order valence-electron chi connectivity index (χ1n) is 5.90. The number of rotatable bonds is 4. The third-order valence-electron chi connectivity index (χ3n) is 3.07. The van der Waals surface area contributed by atoms with Gasteiger partial charge in [-0.15, -0.1) is 0 Å². The van der Waals surface area contributed by atoms with Crippen molar-refractivity contribution in [2.45, 2.75) is 52.5 Å². The average Bonchev–Trinajstić information content (AvgIpc) is 2.12. The molecule has 17 heavy (non-hydrogen) atoms. The summed E-state index contributed by atoms with van der Waals surface area (Å²) in [4.78, 5) is 25.8. The van der Waals surface area contributed by atoms with Gasteiger partial charge in [0.1, 0.15) is 0 Å². The second-order valence-electron chi connectivity index (χ2n) is 5.41. The second-order valence-corrected chi connectivity index (χ2v) is 5.93. The zero-order valence-electron chi connectivity index (χ0n) is 10.7. The molecular formula is C12H20N2O2S. The van der Waals surface area contributed by atoms with Crippen LogP contribution in [0.3, 0.4) is 0 Å². The number of nitrogens with two attached hydrogens (primary N) is 1. The Labute approximate surface area is 108 Å². The molecule has 4 nitrogen and oxygen atoms in total. The summed E-state index contributed by atoms with van der Waals surface area (Å²) in [6, 6.07) is -0.177. The van der Waals surface area contributed by atoms with Gasteiger partial charge in [0.15, 0.2) is 0 Å². The van der Waals surface area contributed by atoms with Crippen LogP contribution in [0.2, 0.25) is 0 Å². The normalized spacial score (nSPS) is 21.5. The Morgan fingerprint density at radius 2 is 1.88 bits per heavy atom. The van der Waals surface area contributed by atoms with Gasteiger partial charge in [0, 0.05) is 25.3 Å². The minimum atomic E-state index is -0.230. The minimum absolute atomic E-state index is 0.102. The van der Waals surface area contributed by atoms with Crippen LogP contribution in [0, 0.1) is 5.41 Å². The Bertz CT molecular complexity index is 332. The molecule has 2 N–H and O–H groups in total. The molecule has 1 atom stereocenters. The fourth-order valence-corrected chi connectivity index (χ4v) is 2.44. The zero-order chi connectivity index (χ0) is 13.2. The number of hydrogen-bond donors (Lipinski definition) is 1. The van der Waals surface area contributed by atoms with Crippen molar-refractivity contribution in [3.05, 3.63) is 0 Å². The van der Waals surface area contributed by atoms with Gasteiger partial charge in [0.2, 0.25) is 11.8 Å². The third-order valence-corrected chi connectivity index (χ3v) is 3.24. The molecule has 0 radical (unpaired) electrons. The van der Waals surface area contributed by atoms with Crippen LogP contribution in [0.1, 0.15) is 46.5 Å². The smallest absolute Gasteiger partial charge is 0.229 e. The van der Waals surface area contributed by atoms with E-state index in [-0.39, 0.29) is 23.3 Å². The van der Waals surface area contributed by atoms with Gasteiger partial charge >= 0.3 is 0 Å². The highest BCUT2D eigenvalue weighted by molar-refractivity contribution is 7.80. The lowest BCUT2D eigenvalue weighted by atomic mass is 9.81. The lowest BCUT2D eigenvalue weighted by Gasteiger charge is -2.38. The first-order valence-corrected chi connectivity index (χ1v) is 6.31. The summed E-state index contributed by atoms with van der Waals surface area (Å²) in [5.74, 6) is -0.205. The van der Waals surface area contributed by atoms with Gasteiger partial charge in [-0.05, 0) is 11.8 Å². The zero-order valence-corrected chi connectivity index (χ0v) is 11.5. The summed E-state index contributed by atoms with van der Waals surface area (Å²) < 4.78 is 0. The fourth-order valence-electron chi connectivity index (χ4n) is 2.25. The molecular weight excluding hydrogens is 236 g/mol. The summed E-state index contributed by atoms with van der Waals surface area (Å²) in [6.45, 7) is 5.81. The molecule has 1 unspecified atom stereocenters. The van der Waals surface area contributed by atoms with Crippen LogP contribution in [0.4, 0.5) is 0 Å². The van der Waals surface area contributed by atoms with E-state index < -0.39 is 0 Å². The Morgan fingerprint density at radius 1 is 1.41 bits per heavy atom. The van der Waals surface area contributed by atoms with Crippen molar-refractivity contribution in [2.75, 3.05) is 0 Å². The first-order chi connectivity index (χ1) is 7.76. The minimum Gasteiger partial charge on any atom is -0.393 e. The van der Waals surface area contributed by atoms with E-state index in [0.717, 1.165) is 0 Å². The average molecular weight is 256 g/mol. The Balaban J connectivity index is 2.85. The highest BCUT2D eigenvalue weighted by Crippen LogP contribution is 2.33. The van der Waals surface area contributed by atoms with Crippen molar-refractivity contribution in [3.63, 3.8) is 0 Å². The van der Waals surface area contributed by atoms with E-state index in [2.05, 4.69) is 0 Å². The number of imide groups is 1. The molecule has 0 aromatic carbocycles. The maximum Gasteiger partial charge on any atom is 0.229 e. The molecule has 1 fully saturated rings. The third kappa shape index (κ3) is 3.49. The molecule has 1 saturated heterocycles. The summed E-state index contributed by atoms with van der Waals surface area (Å²) in [5.41, 5.74) is 5.27. The number of carbonyl (C=O) groups is 2. The summed E-state index contributed by atoms with van der Waals surface area (Å²) in [7, 11) is 0. The molecule has 0 bridgehead atoms. The maximum atomic E-state index is 12.0. The molecule has 0 saturated carbocycles. The molecule has 2 amide bonds. The van der Waals surface area contributed by atoms with Crippen LogP contribution in [-0.4, -0.2) is 27.7 Å². The second kappa shape index (κ2) is 5.12. The van der Waals surface area contributed by atoms with Gasteiger partial charge in [0.05, 0.1) is 4.99 Å². The Kier molecular flexibility index (Phi) is 4.25. The first kappa shape index (κ1) is 14.1. The number of thiocarbonyl (C=S) groups is 1. The monoisotopic (exact) mass is 256 g/mol. The van der Waals surface area contributed by atoms with Crippen LogP contribution in [0.15, 0.2) is 0 Å². The molecule has 96 valence electrons. The van der Waals surface area contributed by atoms with Crippen LogP contribution in [0.25, 0.3) is 0 Å². The predicted octanol–water partition coefficient (Wildman–Crippen LogP) is 1.62. The predicted molar refractivity (Wildman–Crippen MR) is 70.3 cm³/mol. The van der Waals surface area contributed by atoms with E-state index >= 15 is 0 Å². The highest BCUT2D eigenvalue weighted by Gasteiger charge is 2.40. The SMILES string of the molecule is CCC(CC(N)=S)N1C(=O)CC(C)(C)CC1=O. The van der Waals surface area contributed by atoms with Crippen molar-refractivity contribution in [1.29, 1.82) is 0 Å². The molecule has 0 aromatic heterocycles. The molecule has 1 aliphatic heterocycles. The lowest BCUT2D eigenvalue weighted by Crippen LogP contribution is -2.51. The molecule has 0 aromatic rings. The summed E-state index contributed by atoms with van der Waals surface area (Å²) in [6.07, 6.45) is 1.93. The fraction of sp³-hybridized carbons (Fsp3) is 0.750. The molecule has 1 rings (SSSR count). The van der Waals surface area contributed by atoms with E-state index in [9.17, 15) is 9.59 Å². The largest absolute Gasteiger partial charge is 0.393 e. The number of amides is 2. The quantitative estimate of drug-likeness (QED) is 0.613. The van der Waals surface area contributed by atoms with Crippen molar-refractivity contribution in [1.82, 2.24) is 4.90 Å². The molecule has 0 aliphatic carbocycles. The maximum absolute atomic E-state index is 12.0. The molecule has 1 heterocycles. The van der Waals surface area contributed by atoms with E-state index in [1.54, 1.807) is 0 Å². The number of hydrogen-bond acceptors (Lipinski definition) is 3. The van der Waals surface area contributed by atoms with Crippen LogP contribution >= 0.6 is 12.2 Å². The summed E-state index contributed by atoms with van der Waals surface area (Å²) in [5, 5.41) is 0. The van der Waals surface area contributed by atoms with Crippen LogP contribution in [0.5, 0.6) is 0 Å². The van der Waals surface area contributed by atoms with Crippen molar-refractivity contribution >= 4 is 29.0 Å². The van der Waals surface area contributed by atoms with Gasteiger partial charge in [0.25, 0.3) is 0 Å². The van der Waals surface area contributed by atoms with Gasteiger partial charge in [-0.1, -0.05) is 33.0 Å². The number of nitrogens with zero attached hydrogens (tertiary/aromatic N) is 1. The van der Waals surface area contributed by atoms with E-state index in [0.29, 0.717) is 30.7 Å². The van der Waals surface area contributed by atoms with Gasteiger partial charge < -0.3 is 5.73 Å². The van der Waals surface area contributed by atoms with Crippen molar-refractivity contribution in [3.8, 4) is 0 Å². The van der Waals surface area contributed by atoms with E-state index in [1.165, 1.54) is 4.90 Å². The molecule has 0 spiro atoms. The van der Waals surface area contributed by atoms with Crippen LogP contribution in [-0.2, 0) is 9.59 Å². The van der Waals surface area contributed by atoms with Crippen molar-refractivity contribution in [2.24, 2.45) is 11.1 Å². The topological polar surface area (TPSA) is 63.4 Å². The Hall–Kier alpha value is -0.970. The van der Waals surface area contributed by atoms with Gasteiger partial charge in [-0.2, -0.15) is 0 Å². The molecule has 1 aliphatic rings. The lowest BCUT2D eigenvalue weighted by molar-refractivity contribution is -0.155. The summed E-state index contributed by atoms with van der Waals surface area (Å²) >= 11 is 4.86. The molecule has 5 heteroatoms. The number of carbonyl (C=O) groups excluding carboxylic acids is 2. The highest BCUT2D eigenvalue weighted by atomic mass is 32.1. The Morgan fingerprint density at radius 3 is 2.24 bits per heavy atom. The number of piperidine rings is 1. The van der Waals surface area contributed by atoms with Gasteiger partial charge in [-0.3, -0.25) is 14.5 Å². The van der Waals surface area contributed by atoms with E-state index in [1.807, 2.05) is 20.8 Å².